The SMILES string of the molecule is Cc1nc(C)c(C(C)NCCCCN(C)C(C)C)s1. The van der Waals surface area contributed by atoms with E-state index in [2.05, 4.69) is 56.9 Å². The zero-order valence-corrected chi connectivity index (χ0v) is 14.1. The normalized spacial score (nSPS) is 13.5. The van der Waals surface area contributed by atoms with Crippen molar-refractivity contribution < 1.29 is 0 Å². The van der Waals surface area contributed by atoms with Crippen LogP contribution in [0.5, 0.6) is 0 Å². The highest BCUT2D eigenvalue weighted by molar-refractivity contribution is 7.11. The molecular formula is C15H29N3S. The fourth-order valence-electron chi connectivity index (χ4n) is 2.10. The standard InChI is InChI=1S/C15H29N3S/c1-11(2)18(6)10-8-7-9-16-12(3)15-13(4)17-14(5)19-15/h11-12,16H,7-10H2,1-6H3. The topological polar surface area (TPSA) is 28.2 Å². The van der Waals surface area contributed by atoms with E-state index in [9.17, 15) is 0 Å². The van der Waals surface area contributed by atoms with Crippen LogP contribution < -0.4 is 5.32 Å². The van der Waals surface area contributed by atoms with Crippen LogP contribution in [0.4, 0.5) is 0 Å². The van der Waals surface area contributed by atoms with E-state index < -0.39 is 0 Å². The van der Waals surface area contributed by atoms with Crippen molar-refractivity contribution in [2.75, 3.05) is 20.1 Å². The van der Waals surface area contributed by atoms with Crippen molar-refractivity contribution in [2.45, 2.75) is 59.5 Å². The molecule has 1 atom stereocenters. The molecule has 0 radical (unpaired) electrons. The second-order valence-electron chi connectivity index (χ2n) is 5.64. The molecule has 0 aliphatic heterocycles. The molecule has 0 saturated heterocycles. The predicted octanol–water partition coefficient (Wildman–Crippen LogP) is 3.53. The van der Waals surface area contributed by atoms with Crippen molar-refractivity contribution in [2.24, 2.45) is 0 Å². The fourth-order valence-corrected chi connectivity index (χ4v) is 3.06. The van der Waals surface area contributed by atoms with Gasteiger partial charge in [0.05, 0.1) is 10.7 Å². The van der Waals surface area contributed by atoms with E-state index in [0.29, 0.717) is 12.1 Å². The van der Waals surface area contributed by atoms with Gasteiger partial charge in [-0.25, -0.2) is 4.98 Å². The van der Waals surface area contributed by atoms with Crippen LogP contribution in [0.25, 0.3) is 0 Å². The summed E-state index contributed by atoms with van der Waals surface area (Å²) >= 11 is 1.81. The average molecular weight is 283 g/mol. The van der Waals surface area contributed by atoms with Gasteiger partial charge in [-0.2, -0.15) is 0 Å². The quantitative estimate of drug-likeness (QED) is 0.740. The van der Waals surface area contributed by atoms with Crippen LogP contribution >= 0.6 is 11.3 Å². The largest absolute Gasteiger partial charge is 0.309 e. The van der Waals surface area contributed by atoms with Crippen LogP contribution in [-0.2, 0) is 0 Å². The lowest BCUT2D eigenvalue weighted by Gasteiger charge is -2.21. The van der Waals surface area contributed by atoms with E-state index in [1.165, 1.54) is 35.0 Å². The molecule has 110 valence electrons. The second-order valence-corrected chi connectivity index (χ2v) is 6.87. The molecular weight excluding hydrogens is 254 g/mol. The maximum atomic E-state index is 4.49. The smallest absolute Gasteiger partial charge is 0.0900 e. The number of hydrogen-bond acceptors (Lipinski definition) is 4. The summed E-state index contributed by atoms with van der Waals surface area (Å²) in [6.45, 7) is 13.2. The van der Waals surface area contributed by atoms with Crippen molar-refractivity contribution in [3.05, 3.63) is 15.6 Å². The van der Waals surface area contributed by atoms with Crippen LogP contribution in [0, 0.1) is 13.8 Å². The molecule has 1 N–H and O–H groups in total. The maximum Gasteiger partial charge on any atom is 0.0900 e. The third-order valence-corrected chi connectivity index (χ3v) is 4.86. The molecule has 3 nitrogen and oxygen atoms in total. The zero-order chi connectivity index (χ0) is 14.4. The summed E-state index contributed by atoms with van der Waals surface area (Å²) in [7, 11) is 2.20. The molecule has 1 heterocycles. The summed E-state index contributed by atoms with van der Waals surface area (Å²) in [5, 5.41) is 4.77. The van der Waals surface area contributed by atoms with Gasteiger partial charge in [0.2, 0.25) is 0 Å². The molecule has 0 amide bonds. The first kappa shape index (κ1) is 16.6. The number of aromatic nitrogens is 1. The number of nitrogens with one attached hydrogen (secondary N) is 1. The minimum Gasteiger partial charge on any atom is -0.309 e. The molecule has 1 aromatic rings. The number of aryl methyl sites for hydroxylation is 2. The van der Waals surface area contributed by atoms with Gasteiger partial charge in [-0.1, -0.05) is 0 Å². The van der Waals surface area contributed by atoms with Crippen molar-refractivity contribution in [3.63, 3.8) is 0 Å². The highest BCUT2D eigenvalue weighted by Crippen LogP contribution is 2.24. The molecule has 0 fully saturated rings. The summed E-state index contributed by atoms with van der Waals surface area (Å²) in [6, 6.07) is 1.07. The summed E-state index contributed by atoms with van der Waals surface area (Å²) in [5.41, 5.74) is 1.18. The number of unbranched alkanes of at least 4 members (excludes halogenated alkanes) is 1. The molecule has 1 unspecified atom stereocenters. The summed E-state index contributed by atoms with van der Waals surface area (Å²) in [6.07, 6.45) is 2.49. The second kappa shape index (κ2) is 7.98. The summed E-state index contributed by atoms with van der Waals surface area (Å²) < 4.78 is 0. The third kappa shape index (κ3) is 5.59. The van der Waals surface area contributed by atoms with E-state index in [1.54, 1.807) is 0 Å². The Labute approximate surface area is 122 Å². The molecule has 4 heteroatoms. The summed E-state index contributed by atoms with van der Waals surface area (Å²) in [4.78, 5) is 8.28. The molecule has 0 aliphatic rings. The lowest BCUT2D eigenvalue weighted by Crippen LogP contribution is -2.28. The van der Waals surface area contributed by atoms with E-state index in [4.69, 9.17) is 0 Å². The number of thiazole rings is 1. The molecule has 0 saturated carbocycles. The Hall–Kier alpha value is -0.450. The lowest BCUT2D eigenvalue weighted by atomic mass is 10.2. The van der Waals surface area contributed by atoms with Gasteiger partial charge in [-0.3, -0.25) is 0 Å². The van der Waals surface area contributed by atoms with E-state index >= 15 is 0 Å². The van der Waals surface area contributed by atoms with Gasteiger partial charge < -0.3 is 10.2 Å². The molecule has 19 heavy (non-hydrogen) atoms. The van der Waals surface area contributed by atoms with Crippen LogP contribution in [0.2, 0.25) is 0 Å². The molecule has 1 rings (SSSR count). The van der Waals surface area contributed by atoms with Gasteiger partial charge in [0.1, 0.15) is 0 Å². The molecule has 0 aromatic carbocycles. The van der Waals surface area contributed by atoms with Crippen LogP contribution in [0.3, 0.4) is 0 Å². The van der Waals surface area contributed by atoms with E-state index in [0.717, 1.165) is 6.54 Å². The molecule has 0 spiro atoms. The van der Waals surface area contributed by atoms with Gasteiger partial charge in [0.15, 0.2) is 0 Å². The Morgan fingerprint density at radius 2 is 1.89 bits per heavy atom. The Bertz CT molecular complexity index is 373. The predicted molar refractivity (Wildman–Crippen MR) is 85.0 cm³/mol. The van der Waals surface area contributed by atoms with Gasteiger partial charge in [-0.05, 0) is 67.6 Å². The van der Waals surface area contributed by atoms with E-state index in [1.807, 2.05) is 11.3 Å². The van der Waals surface area contributed by atoms with Crippen LogP contribution in [0.1, 0.15) is 55.2 Å². The number of hydrogen-bond donors (Lipinski definition) is 1. The summed E-state index contributed by atoms with van der Waals surface area (Å²) in [5.74, 6) is 0. The highest BCUT2D eigenvalue weighted by atomic mass is 32.1. The monoisotopic (exact) mass is 283 g/mol. The van der Waals surface area contributed by atoms with E-state index in [-0.39, 0.29) is 0 Å². The first-order chi connectivity index (χ1) is 8.91. The minimum atomic E-state index is 0.425. The fraction of sp³-hybridized carbons (Fsp3) is 0.800. The van der Waals surface area contributed by atoms with Gasteiger partial charge in [0, 0.05) is 17.0 Å². The number of rotatable bonds is 8. The maximum absolute atomic E-state index is 4.49. The zero-order valence-electron chi connectivity index (χ0n) is 13.3. The first-order valence-electron chi connectivity index (χ1n) is 7.29. The van der Waals surface area contributed by atoms with Crippen LogP contribution in [0.15, 0.2) is 0 Å². The molecule has 0 bridgehead atoms. The van der Waals surface area contributed by atoms with Crippen molar-refractivity contribution in [1.29, 1.82) is 0 Å². The Morgan fingerprint density at radius 1 is 1.21 bits per heavy atom. The van der Waals surface area contributed by atoms with Crippen molar-refractivity contribution in [1.82, 2.24) is 15.2 Å². The van der Waals surface area contributed by atoms with Crippen molar-refractivity contribution in [3.8, 4) is 0 Å². The Kier molecular flexibility index (Phi) is 6.97. The average Bonchev–Trinajstić information content (AvgIpc) is 2.67. The Morgan fingerprint density at radius 3 is 2.42 bits per heavy atom. The van der Waals surface area contributed by atoms with Crippen LogP contribution in [-0.4, -0.2) is 36.1 Å². The highest BCUT2D eigenvalue weighted by Gasteiger charge is 2.11. The minimum absolute atomic E-state index is 0.425. The van der Waals surface area contributed by atoms with Crippen molar-refractivity contribution >= 4 is 11.3 Å². The van der Waals surface area contributed by atoms with Gasteiger partial charge in [-0.15, -0.1) is 11.3 Å². The van der Waals surface area contributed by atoms with Gasteiger partial charge in [0.25, 0.3) is 0 Å². The van der Waals surface area contributed by atoms with Gasteiger partial charge >= 0.3 is 0 Å². The Balaban J connectivity index is 2.21. The first-order valence-corrected chi connectivity index (χ1v) is 8.11. The third-order valence-electron chi connectivity index (χ3n) is 3.60. The molecule has 1 aromatic heterocycles. The molecule has 0 aliphatic carbocycles. The number of nitrogens with zero attached hydrogens (tertiary/aromatic N) is 2. The lowest BCUT2D eigenvalue weighted by molar-refractivity contribution is 0.267.